The monoisotopic (exact) mass is 570 g/mol. The van der Waals surface area contributed by atoms with Gasteiger partial charge >= 0.3 is 0 Å². The van der Waals surface area contributed by atoms with Gasteiger partial charge in [0.2, 0.25) is 17.7 Å². The van der Waals surface area contributed by atoms with Gasteiger partial charge in [0.15, 0.2) is 5.78 Å². The molecule has 3 amide bonds. The number of fused-ring (bicyclic) bond motifs is 1. The first kappa shape index (κ1) is 30.5. The number of rotatable bonds is 13. The van der Waals surface area contributed by atoms with Crippen molar-refractivity contribution in [2.24, 2.45) is 5.73 Å². The molecule has 1 heterocycles. The Morgan fingerprint density at radius 3 is 2.40 bits per heavy atom. The van der Waals surface area contributed by atoms with Crippen LogP contribution < -0.4 is 21.1 Å². The zero-order chi connectivity index (χ0) is 29.9. The summed E-state index contributed by atoms with van der Waals surface area (Å²) in [7, 11) is 1.55. The van der Waals surface area contributed by atoms with Gasteiger partial charge in [-0.05, 0) is 49.1 Å². The second-order valence-corrected chi connectivity index (χ2v) is 10.4. The Morgan fingerprint density at radius 1 is 0.929 bits per heavy atom. The predicted molar refractivity (Wildman–Crippen MR) is 161 cm³/mol. The minimum atomic E-state index is -0.830. The van der Waals surface area contributed by atoms with E-state index >= 15 is 0 Å². The van der Waals surface area contributed by atoms with E-state index in [1.54, 1.807) is 55.6 Å². The van der Waals surface area contributed by atoms with E-state index in [0.29, 0.717) is 49.2 Å². The first-order valence-electron chi connectivity index (χ1n) is 14.3. The standard InChI is InChI=1S/C33H38N4O5/c1-42-27-15-9-14-26(21-27)35-32(40)28(16-7-8-19-34)36-33(41)29-20-24-12-5-6-13-25(24)22-37(29)31(39)18-17-30(38)23-10-3-2-4-11-23/h2-6,9-15,21,28-29H,7-8,16-20,22,34H2,1H3,(H,35,40)(H,36,41)/t28-,29-/m0/s1. The molecule has 42 heavy (non-hydrogen) atoms. The Labute approximate surface area is 246 Å². The fourth-order valence-corrected chi connectivity index (χ4v) is 5.11. The van der Waals surface area contributed by atoms with E-state index in [0.717, 1.165) is 11.1 Å². The molecule has 3 aromatic carbocycles. The number of hydrogen-bond acceptors (Lipinski definition) is 6. The molecule has 0 aromatic heterocycles. The van der Waals surface area contributed by atoms with Crippen LogP contribution in [0.3, 0.4) is 0 Å². The van der Waals surface area contributed by atoms with Crippen molar-refractivity contribution in [3.8, 4) is 5.75 Å². The van der Waals surface area contributed by atoms with Gasteiger partial charge in [-0.15, -0.1) is 0 Å². The molecule has 0 radical (unpaired) electrons. The Morgan fingerprint density at radius 2 is 1.67 bits per heavy atom. The molecule has 0 spiro atoms. The van der Waals surface area contributed by atoms with Gasteiger partial charge in [-0.1, -0.05) is 60.7 Å². The van der Waals surface area contributed by atoms with Crippen molar-refractivity contribution in [2.75, 3.05) is 19.0 Å². The van der Waals surface area contributed by atoms with Crippen LogP contribution in [0, 0.1) is 0 Å². The van der Waals surface area contributed by atoms with Crippen LogP contribution >= 0.6 is 0 Å². The van der Waals surface area contributed by atoms with E-state index in [-0.39, 0.29) is 37.0 Å². The van der Waals surface area contributed by atoms with Gasteiger partial charge in [0, 0.05) is 43.1 Å². The molecule has 0 unspecified atom stereocenters. The van der Waals surface area contributed by atoms with Crippen LogP contribution in [0.5, 0.6) is 5.75 Å². The molecule has 0 fully saturated rings. The normalized spacial score (nSPS) is 14.8. The number of hydrogen-bond donors (Lipinski definition) is 3. The second kappa shape index (κ2) is 14.9. The lowest BCUT2D eigenvalue weighted by Crippen LogP contribution is -2.56. The lowest BCUT2D eigenvalue weighted by atomic mass is 9.92. The van der Waals surface area contributed by atoms with E-state index < -0.39 is 18.0 Å². The van der Waals surface area contributed by atoms with Crippen LogP contribution in [-0.2, 0) is 27.3 Å². The highest BCUT2D eigenvalue weighted by atomic mass is 16.5. The number of carbonyl (C=O) groups is 4. The summed E-state index contributed by atoms with van der Waals surface area (Å²) in [6.45, 7) is 0.724. The van der Waals surface area contributed by atoms with Crippen molar-refractivity contribution >= 4 is 29.2 Å². The van der Waals surface area contributed by atoms with E-state index in [1.165, 1.54) is 4.90 Å². The highest BCUT2D eigenvalue weighted by Gasteiger charge is 2.36. The highest BCUT2D eigenvalue weighted by molar-refractivity contribution is 6.00. The van der Waals surface area contributed by atoms with Crippen molar-refractivity contribution < 1.29 is 23.9 Å². The number of benzene rings is 3. The summed E-state index contributed by atoms with van der Waals surface area (Å²) in [5.74, 6) is -0.592. The summed E-state index contributed by atoms with van der Waals surface area (Å²) >= 11 is 0. The van der Waals surface area contributed by atoms with Gasteiger partial charge < -0.3 is 26.0 Å². The SMILES string of the molecule is COc1cccc(NC(=O)[C@H](CCCCN)NC(=O)[C@@H]2Cc3ccccc3CN2C(=O)CCC(=O)c2ccccc2)c1. The van der Waals surface area contributed by atoms with Crippen molar-refractivity contribution in [3.63, 3.8) is 0 Å². The number of ether oxygens (including phenoxy) is 1. The molecule has 0 aliphatic carbocycles. The van der Waals surface area contributed by atoms with E-state index in [9.17, 15) is 19.2 Å². The fraction of sp³-hybridized carbons (Fsp3) is 0.333. The van der Waals surface area contributed by atoms with Crippen LogP contribution in [0.25, 0.3) is 0 Å². The maximum atomic E-state index is 13.8. The first-order chi connectivity index (χ1) is 20.4. The van der Waals surface area contributed by atoms with Crippen LogP contribution in [0.15, 0.2) is 78.9 Å². The molecule has 1 aliphatic rings. The topological polar surface area (TPSA) is 131 Å². The molecule has 0 bridgehead atoms. The van der Waals surface area contributed by atoms with E-state index in [2.05, 4.69) is 10.6 Å². The molecule has 0 saturated heterocycles. The smallest absolute Gasteiger partial charge is 0.246 e. The number of anilines is 1. The number of ketones is 1. The summed E-state index contributed by atoms with van der Waals surface area (Å²) in [5.41, 5.74) is 8.70. The average molecular weight is 571 g/mol. The van der Waals surface area contributed by atoms with Crippen LogP contribution in [0.1, 0.15) is 53.6 Å². The molecule has 4 rings (SSSR count). The molecule has 0 saturated carbocycles. The number of methoxy groups -OCH3 is 1. The maximum Gasteiger partial charge on any atom is 0.246 e. The molecular weight excluding hydrogens is 532 g/mol. The summed E-state index contributed by atoms with van der Waals surface area (Å²) in [5, 5.41) is 5.78. The quantitative estimate of drug-likeness (QED) is 0.211. The summed E-state index contributed by atoms with van der Waals surface area (Å²) in [6, 6.07) is 21.9. The predicted octanol–water partition coefficient (Wildman–Crippen LogP) is 3.86. The molecule has 1 aliphatic heterocycles. The molecule has 9 heteroatoms. The summed E-state index contributed by atoms with van der Waals surface area (Å²) in [6.07, 6.45) is 2.07. The highest BCUT2D eigenvalue weighted by Crippen LogP contribution is 2.25. The van der Waals surface area contributed by atoms with Gasteiger partial charge in [0.05, 0.1) is 7.11 Å². The number of amides is 3. The fourth-order valence-electron chi connectivity index (χ4n) is 5.11. The second-order valence-electron chi connectivity index (χ2n) is 10.4. The van der Waals surface area contributed by atoms with Gasteiger partial charge in [-0.25, -0.2) is 0 Å². The third-order valence-electron chi connectivity index (χ3n) is 7.45. The molecular formula is C33H38N4O5. The van der Waals surface area contributed by atoms with Gasteiger partial charge in [-0.2, -0.15) is 0 Å². The van der Waals surface area contributed by atoms with Gasteiger partial charge in [0.1, 0.15) is 17.8 Å². The average Bonchev–Trinajstić information content (AvgIpc) is 3.02. The van der Waals surface area contributed by atoms with Gasteiger partial charge in [-0.3, -0.25) is 19.2 Å². The zero-order valence-corrected chi connectivity index (χ0v) is 23.9. The molecule has 4 N–H and O–H groups in total. The Kier molecular flexibility index (Phi) is 10.8. The Bertz CT molecular complexity index is 1390. The third kappa shape index (κ3) is 8.04. The van der Waals surface area contributed by atoms with Crippen molar-refractivity contribution in [1.82, 2.24) is 10.2 Å². The lowest BCUT2D eigenvalue weighted by Gasteiger charge is -2.37. The van der Waals surface area contributed by atoms with Crippen molar-refractivity contribution in [1.29, 1.82) is 0 Å². The number of unbranched alkanes of at least 4 members (excludes halogenated alkanes) is 1. The van der Waals surface area contributed by atoms with Gasteiger partial charge in [0.25, 0.3) is 0 Å². The number of carbonyl (C=O) groups excluding carboxylic acids is 4. The summed E-state index contributed by atoms with van der Waals surface area (Å²) in [4.78, 5) is 54.8. The minimum absolute atomic E-state index is 0.0179. The van der Waals surface area contributed by atoms with Crippen LogP contribution in [-0.4, -0.2) is 54.1 Å². The van der Waals surface area contributed by atoms with Crippen molar-refractivity contribution in [3.05, 3.63) is 95.6 Å². The number of nitrogens with zero attached hydrogens (tertiary/aromatic N) is 1. The summed E-state index contributed by atoms with van der Waals surface area (Å²) < 4.78 is 5.25. The number of nitrogens with two attached hydrogens (primary N) is 1. The lowest BCUT2D eigenvalue weighted by molar-refractivity contribution is -0.142. The van der Waals surface area contributed by atoms with Crippen LogP contribution in [0.2, 0.25) is 0 Å². The molecule has 220 valence electrons. The maximum absolute atomic E-state index is 13.8. The minimum Gasteiger partial charge on any atom is -0.497 e. The Hall–Kier alpha value is -4.50. The van der Waals surface area contributed by atoms with Crippen molar-refractivity contribution in [2.45, 2.75) is 57.2 Å². The third-order valence-corrected chi connectivity index (χ3v) is 7.45. The van der Waals surface area contributed by atoms with E-state index in [1.807, 2.05) is 30.3 Å². The van der Waals surface area contributed by atoms with Crippen LogP contribution in [0.4, 0.5) is 5.69 Å². The first-order valence-corrected chi connectivity index (χ1v) is 14.3. The van der Waals surface area contributed by atoms with E-state index in [4.69, 9.17) is 10.5 Å². The number of Topliss-reactive ketones (excluding diaryl/α,β-unsaturated/α-hetero) is 1. The molecule has 2 atom stereocenters. The Balaban J connectivity index is 1.50. The largest absolute Gasteiger partial charge is 0.497 e. The zero-order valence-electron chi connectivity index (χ0n) is 23.9. The number of nitrogens with one attached hydrogen (secondary N) is 2. The molecule has 3 aromatic rings. The molecule has 9 nitrogen and oxygen atoms in total.